The Morgan fingerprint density at radius 3 is 2.29 bits per heavy atom. The van der Waals surface area contributed by atoms with Crippen LogP contribution in [0.3, 0.4) is 0 Å². The summed E-state index contributed by atoms with van der Waals surface area (Å²) in [5.41, 5.74) is 1.18. The number of aromatic hydroxyl groups is 2. The number of pyridine rings is 1. The Hall–Kier alpha value is -2.66. The van der Waals surface area contributed by atoms with Gasteiger partial charge in [0.05, 0.1) is 10.4 Å². The summed E-state index contributed by atoms with van der Waals surface area (Å²) in [5, 5.41) is 22.1. The molecule has 5 heteroatoms. The minimum Gasteiger partial charge on any atom is -0.507 e. The van der Waals surface area contributed by atoms with E-state index in [0.29, 0.717) is 16.0 Å². The van der Waals surface area contributed by atoms with Gasteiger partial charge in [-0.3, -0.25) is 9.78 Å². The largest absolute Gasteiger partial charge is 0.507 e. The van der Waals surface area contributed by atoms with E-state index in [1.165, 1.54) is 23.5 Å². The van der Waals surface area contributed by atoms with Gasteiger partial charge in [0.2, 0.25) is 5.78 Å². The van der Waals surface area contributed by atoms with Gasteiger partial charge in [-0.25, -0.2) is 0 Å². The number of rotatable bonds is 3. The van der Waals surface area contributed by atoms with Crippen LogP contribution < -0.4 is 0 Å². The Morgan fingerprint density at radius 2 is 1.71 bits per heavy atom. The van der Waals surface area contributed by atoms with Crippen LogP contribution in [0.2, 0.25) is 0 Å². The number of thiophene rings is 1. The van der Waals surface area contributed by atoms with Crippen LogP contribution in [-0.4, -0.2) is 21.0 Å². The molecule has 2 N–H and O–H groups in total. The number of phenols is 2. The van der Waals surface area contributed by atoms with Gasteiger partial charge in [-0.1, -0.05) is 6.07 Å². The zero-order valence-corrected chi connectivity index (χ0v) is 11.7. The van der Waals surface area contributed by atoms with Crippen molar-refractivity contribution in [3.63, 3.8) is 0 Å². The topological polar surface area (TPSA) is 70.4 Å². The molecule has 0 amide bonds. The summed E-state index contributed by atoms with van der Waals surface area (Å²) in [5.74, 6) is -0.501. The molecule has 0 saturated heterocycles. The Labute approximate surface area is 125 Å². The molecule has 3 aromatic rings. The van der Waals surface area contributed by atoms with Gasteiger partial charge in [-0.15, -0.1) is 11.3 Å². The second-order valence-corrected chi connectivity index (χ2v) is 5.38. The predicted molar refractivity (Wildman–Crippen MR) is 80.8 cm³/mol. The van der Waals surface area contributed by atoms with E-state index in [2.05, 4.69) is 4.98 Å². The summed E-state index contributed by atoms with van der Waals surface area (Å²) in [6.45, 7) is 0. The van der Waals surface area contributed by atoms with Crippen LogP contribution in [0.5, 0.6) is 11.5 Å². The van der Waals surface area contributed by atoms with Gasteiger partial charge in [0.15, 0.2) is 0 Å². The summed E-state index contributed by atoms with van der Waals surface area (Å²) in [7, 11) is 0. The molecular weight excluding hydrogens is 286 g/mol. The van der Waals surface area contributed by atoms with Crippen molar-refractivity contribution in [2.24, 2.45) is 0 Å². The highest BCUT2D eigenvalue weighted by Gasteiger charge is 2.17. The number of hydrogen-bond acceptors (Lipinski definition) is 5. The van der Waals surface area contributed by atoms with Gasteiger partial charge in [0, 0.05) is 18.0 Å². The Kier molecular flexibility index (Phi) is 3.41. The number of aromatic nitrogens is 1. The molecule has 0 fully saturated rings. The van der Waals surface area contributed by atoms with Crippen molar-refractivity contribution in [3.05, 3.63) is 64.6 Å². The lowest BCUT2D eigenvalue weighted by Crippen LogP contribution is -1.98. The van der Waals surface area contributed by atoms with Gasteiger partial charge in [-0.2, -0.15) is 0 Å². The molecular formula is C16H11NO3S. The lowest BCUT2D eigenvalue weighted by molar-refractivity contribution is 0.104. The maximum atomic E-state index is 12.2. The van der Waals surface area contributed by atoms with Crippen LogP contribution in [0, 0.1) is 0 Å². The van der Waals surface area contributed by atoms with Crippen LogP contribution in [0.1, 0.15) is 15.2 Å². The fourth-order valence-electron chi connectivity index (χ4n) is 2.11. The number of carbonyl (C=O) groups is 1. The molecule has 1 aromatic carbocycles. The number of ketones is 1. The summed E-state index contributed by atoms with van der Waals surface area (Å²) in [6, 6.07) is 9.58. The number of hydrogen-bond donors (Lipinski definition) is 2. The van der Waals surface area contributed by atoms with Crippen LogP contribution in [-0.2, 0) is 0 Å². The summed E-state index contributed by atoms with van der Waals surface area (Å²) < 4.78 is 0. The first-order valence-corrected chi connectivity index (χ1v) is 7.09. The Morgan fingerprint density at radius 1 is 1.05 bits per heavy atom. The quantitative estimate of drug-likeness (QED) is 0.726. The molecule has 0 atom stereocenters. The van der Waals surface area contributed by atoms with E-state index in [9.17, 15) is 15.0 Å². The molecule has 0 aliphatic carbocycles. The van der Waals surface area contributed by atoms with E-state index in [0.717, 1.165) is 0 Å². The van der Waals surface area contributed by atoms with Crippen LogP contribution in [0.25, 0.3) is 11.1 Å². The lowest BCUT2D eigenvalue weighted by Gasteiger charge is -2.09. The third-order valence-electron chi connectivity index (χ3n) is 3.07. The predicted octanol–water partition coefficient (Wildman–Crippen LogP) is 3.45. The lowest BCUT2D eigenvalue weighted by atomic mass is 10.00. The highest BCUT2D eigenvalue weighted by atomic mass is 32.1. The van der Waals surface area contributed by atoms with Gasteiger partial charge >= 0.3 is 0 Å². The monoisotopic (exact) mass is 297 g/mol. The zero-order valence-electron chi connectivity index (χ0n) is 10.9. The third-order valence-corrected chi connectivity index (χ3v) is 3.94. The van der Waals surface area contributed by atoms with E-state index in [1.54, 1.807) is 42.0 Å². The Balaban J connectivity index is 2.07. The average Bonchev–Trinajstić information content (AvgIpc) is 3.01. The molecule has 3 rings (SSSR count). The van der Waals surface area contributed by atoms with Gasteiger partial charge < -0.3 is 10.2 Å². The fraction of sp³-hybridized carbons (Fsp3) is 0. The first-order valence-electron chi connectivity index (χ1n) is 6.21. The molecule has 2 aromatic heterocycles. The van der Waals surface area contributed by atoms with Crippen molar-refractivity contribution >= 4 is 17.1 Å². The van der Waals surface area contributed by atoms with Crippen LogP contribution in [0.4, 0.5) is 0 Å². The smallest absolute Gasteiger partial charge is 0.203 e. The van der Waals surface area contributed by atoms with Crippen LogP contribution >= 0.6 is 11.3 Å². The van der Waals surface area contributed by atoms with E-state index >= 15 is 0 Å². The van der Waals surface area contributed by atoms with Gasteiger partial charge in [-0.05, 0) is 41.3 Å². The van der Waals surface area contributed by atoms with Crippen molar-refractivity contribution in [1.29, 1.82) is 0 Å². The molecule has 104 valence electrons. The zero-order chi connectivity index (χ0) is 14.8. The minimum atomic E-state index is -0.225. The summed E-state index contributed by atoms with van der Waals surface area (Å²) in [4.78, 5) is 16.7. The maximum absolute atomic E-state index is 12.2. The normalized spacial score (nSPS) is 10.5. The van der Waals surface area contributed by atoms with Crippen molar-refractivity contribution in [1.82, 2.24) is 4.98 Å². The van der Waals surface area contributed by atoms with E-state index in [-0.39, 0.29) is 22.8 Å². The second kappa shape index (κ2) is 5.38. The average molecular weight is 297 g/mol. The van der Waals surface area contributed by atoms with Gasteiger partial charge in [0.1, 0.15) is 11.5 Å². The van der Waals surface area contributed by atoms with Crippen molar-refractivity contribution in [2.45, 2.75) is 0 Å². The molecule has 0 unspecified atom stereocenters. The van der Waals surface area contributed by atoms with Crippen molar-refractivity contribution in [3.8, 4) is 22.6 Å². The standard InChI is InChI=1S/C16H11NO3S/c18-12-8-11(16(20)14-2-1-7-21-14)9-13(19)15(12)10-3-5-17-6-4-10/h1-9,18-19H. The molecule has 0 bridgehead atoms. The van der Waals surface area contributed by atoms with Crippen molar-refractivity contribution in [2.75, 3.05) is 0 Å². The Bertz CT molecular complexity index is 760. The van der Waals surface area contributed by atoms with Gasteiger partial charge in [0.25, 0.3) is 0 Å². The molecule has 4 nitrogen and oxygen atoms in total. The molecule has 0 spiro atoms. The maximum Gasteiger partial charge on any atom is 0.203 e. The number of benzene rings is 1. The second-order valence-electron chi connectivity index (χ2n) is 4.43. The van der Waals surface area contributed by atoms with E-state index in [1.807, 2.05) is 0 Å². The number of carbonyl (C=O) groups excluding carboxylic acids is 1. The molecule has 0 aliphatic heterocycles. The molecule has 2 heterocycles. The first-order chi connectivity index (χ1) is 10.2. The van der Waals surface area contributed by atoms with E-state index in [4.69, 9.17) is 0 Å². The molecule has 0 aliphatic rings. The molecule has 0 saturated carbocycles. The SMILES string of the molecule is O=C(c1cc(O)c(-c2ccncc2)c(O)c1)c1cccs1. The van der Waals surface area contributed by atoms with E-state index < -0.39 is 0 Å². The third kappa shape index (κ3) is 2.51. The molecule has 21 heavy (non-hydrogen) atoms. The molecule has 0 radical (unpaired) electrons. The highest BCUT2D eigenvalue weighted by Crippen LogP contribution is 2.38. The first kappa shape index (κ1) is 13.3. The summed E-state index contributed by atoms with van der Waals surface area (Å²) >= 11 is 1.32. The van der Waals surface area contributed by atoms with Crippen molar-refractivity contribution < 1.29 is 15.0 Å². The number of nitrogens with zero attached hydrogens (tertiary/aromatic N) is 1. The fourth-order valence-corrected chi connectivity index (χ4v) is 2.79. The highest BCUT2D eigenvalue weighted by molar-refractivity contribution is 7.12. The van der Waals surface area contributed by atoms with Crippen LogP contribution in [0.15, 0.2) is 54.2 Å². The number of phenolic OH excluding ortho intramolecular Hbond substituents is 2. The summed E-state index contributed by atoms with van der Waals surface area (Å²) in [6.07, 6.45) is 3.14. The minimum absolute atomic E-state index is 0.138.